The summed E-state index contributed by atoms with van der Waals surface area (Å²) in [5.41, 5.74) is 0. The minimum absolute atomic E-state index is 0.151. The fourth-order valence-electron chi connectivity index (χ4n) is 3.16. The van der Waals surface area contributed by atoms with E-state index in [0.29, 0.717) is 30.1 Å². The number of benzene rings is 2. The summed E-state index contributed by atoms with van der Waals surface area (Å²) in [5, 5.41) is -0.476. The van der Waals surface area contributed by atoms with Crippen molar-refractivity contribution in [1.82, 2.24) is 4.31 Å². The van der Waals surface area contributed by atoms with Gasteiger partial charge in [0.25, 0.3) is 0 Å². The molecule has 7 nitrogen and oxygen atoms in total. The fraction of sp³-hybridized carbons (Fsp3) is 0.368. The van der Waals surface area contributed by atoms with Gasteiger partial charge < -0.3 is 9.47 Å². The average molecular weight is 426 g/mol. The average Bonchev–Trinajstić information content (AvgIpc) is 2.68. The minimum atomic E-state index is -3.68. The van der Waals surface area contributed by atoms with Gasteiger partial charge >= 0.3 is 0 Å². The molecule has 1 aliphatic rings. The number of sulfonamides is 1. The van der Waals surface area contributed by atoms with Gasteiger partial charge in [-0.1, -0.05) is 12.1 Å². The van der Waals surface area contributed by atoms with E-state index in [1.54, 1.807) is 31.4 Å². The van der Waals surface area contributed by atoms with Crippen LogP contribution in [0.2, 0.25) is 0 Å². The van der Waals surface area contributed by atoms with Crippen molar-refractivity contribution in [3.05, 3.63) is 48.5 Å². The molecule has 1 fully saturated rings. The van der Waals surface area contributed by atoms with Crippen LogP contribution < -0.4 is 9.47 Å². The molecule has 1 saturated heterocycles. The summed E-state index contributed by atoms with van der Waals surface area (Å²) in [7, 11) is -5.28. The van der Waals surface area contributed by atoms with Crippen molar-refractivity contribution in [2.75, 3.05) is 26.5 Å². The van der Waals surface area contributed by atoms with E-state index in [-0.39, 0.29) is 18.0 Å². The van der Waals surface area contributed by atoms with Gasteiger partial charge in [-0.2, -0.15) is 4.31 Å². The zero-order valence-electron chi connectivity index (χ0n) is 15.7. The second kappa shape index (κ2) is 8.10. The van der Waals surface area contributed by atoms with Crippen molar-refractivity contribution >= 4 is 19.9 Å². The lowest BCUT2D eigenvalue weighted by Gasteiger charge is -2.30. The predicted molar refractivity (Wildman–Crippen MR) is 106 cm³/mol. The lowest BCUT2D eigenvalue weighted by atomic mass is 10.2. The maximum Gasteiger partial charge on any atom is 0.243 e. The monoisotopic (exact) mass is 425 g/mol. The van der Waals surface area contributed by atoms with Gasteiger partial charge in [0, 0.05) is 19.3 Å². The fourth-order valence-corrected chi connectivity index (χ4v) is 5.70. The molecule has 1 heterocycles. The molecule has 3 rings (SSSR count). The van der Waals surface area contributed by atoms with Gasteiger partial charge in [-0.3, -0.25) is 0 Å². The Labute approximate surface area is 165 Å². The van der Waals surface area contributed by atoms with E-state index < -0.39 is 25.1 Å². The number of piperidine rings is 1. The molecule has 0 spiro atoms. The third-order valence-corrected chi connectivity index (χ3v) is 8.36. The molecule has 1 aliphatic heterocycles. The van der Waals surface area contributed by atoms with Crippen LogP contribution >= 0.6 is 0 Å². The third kappa shape index (κ3) is 4.48. The van der Waals surface area contributed by atoms with Crippen LogP contribution in [0.4, 0.5) is 0 Å². The molecule has 0 radical (unpaired) electrons. The molecule has 0 aromatic heterocycles. The van der Waals surface area contributed by atoms with Gasteiger partial charge in [-0.25, -0.2) is 16.8 Å². The Kier molecular flexibility index (Phi) is 5.97. The van der Waals surface area contributed by atoms with E-state index in [1.807, 2.05) is 12.1 Å². The first-order valence-corrected chi connectivity index (χ1v) is 12.2. The Bertz CT molecular complexity index is 1020. The first kappa shape index (κ1) is 20.6. The number of hydrogen-bond donors (Lipinski definition) is 0. The van der Waals surface area contributed by atoms with Crippen molar-refractivity contribution in [1.29, 1.82) is 0 Å². The van der Waals surface area contributed by atoms with E-state index in [2.05, 4.69) is 0 Å². The number of hydrogen-bond acceptors (Lipinski definition) is 6. The highest BCUT2D eigenvalue weighted by atomic mass is 32.2. The lowest BCUT2D eigenvalue weighted by molar-refractivity contribution is 0.346. The van der Waals surface area contributed by atoms with Crippen molar-refractivity contribution in [3.63, 3.8) is 0 Å². The summed E-state index contributed by atoms with van der Waals surface area (Å²) in [6.45, 7) is 0.388. The van der Waals surface area contributed by atoms with Crippen LogP contribution in [0.3, 0.4) is 0 Å². The highest BCUT2D eigenvalue weighted by Crippen LogP contribution is 2.32. The van der Waals surface area contributed by atoms with E-state index in [4.69, 9.17) is 9.47 Å². The van der Waals surface area contributed by atoms with Crippen LogP contribution in [0, 0.1) is 0 Å². The number of nitrogens with zero attached hydrogens (tertiary/aromatic N) is 1. The first-order chi connectivity index (χ1) is 13.2. The van der Waals surface area contributed by atoms with Crippen molar-refractivity contribution in [2.45, 2.75) is 23.0 Å². The van der Waals surface area contributed by atoms with Gasteiger partial charge in [0.2, 0.25) is 10.0 Å². The van der Waals surface area contributed by atoms with E-state index in [0.717, 1.165) is 0 Å². The molecule has 0 aliphatic carbocycles. The summed E-state index contributed by atoms with van der Waals surface area (Å²) < 4.78 is 61.3. The van der Waals surface area contributed by atoms with Crippen LogP contribution in [-0.4, -0.2) is 52.8 Å². The van der Waals surface area contributed by atoms with Gasteiger partial charge in [0.15, 0.2) is 11.5 Å². The summed E-state index contributed by atoms with van der Waals surface area (Å²) in [6, 6.07) is 13.3. The van der Waals surface area contributed by atoms with Crippen molar-refractivity contribution in [3.8, 4) is 17.2 Å². The molecule has 0 saturated carbocycles. The smallest absolute Gasteiger partial charge is 0.243 e. The van der Waals surface area contributed by atoms with Crippen LogP contribution in [0.25, 0.3) is 0 Å². The first-order valence-electron chi connectivity index (χ1n) is 8.82. The Morgan fingerprint density at radius 1 is 0.893 bits per heavy atom. The Morgan fingerprint density at radius 2 is 1.46 bits per heavy atom. The minimum Gasteiger partial charge on any atom is -0.493 e. The SMILES string of the molecule is COc1ccccc1Oc1ccc(S(=O)(=O)N2CCC(S(C)(=O)=O)CC2)cc1. The number of ether oxygens (including phenoxy) is 2. The van der Waals surface area contributed by atoms with Crippen LogP contribution in [0.15, 0.2) is 53.4 Å². The Hall–Kier alpha value is -2.10. The topological polar surface area (TPSA) is 90.0 Å². The standard InChI is InChI=1S/C19H23NO6S2/c1-25-18-5-3-4-6-19(18)26-15-7-9-17(10-8-15)28(23,24)20-13-11-16(12-14-20)27(2,21)22/h3-10,16H,11-14H2,1-2H3. The molecule has 0 unspecified atom stereocenters. The van der Waals surface area contributed by atoms with Gasteiger partial charge in [-0.05, 0) is 49.2 Å². The molecule has 2 aromatic carbocycles. The molecule has 0 amide bonds. The van der Waals surface area contributed by atoms with Crippen LogP contribution in [0.5, 0.6) is 17.2 Å². The molecule has 9 heteroatoms. The second-order valence-electron chi connectivity index (χ2n) is 6.66. The van der Waals surface area contributed by atoms with Gasteiger partial charge in [-0.15, -0.1) is 0 Å². The molecule has 0 bridgehead atoms. The van der Waals surface area contributed by atoms with Crippen molar-refractivity contribution < 1.29 is 26.3 Å². The van der Waals surface area contributed by atoms with Crippen LogP contribution in [0.1, 0.15) is 12.8 Å². The molecule has 0 atom stereocenters. The highest BCUT2D eigenvalue weighted by Gasteiger charge is 2.33. The number of para-hydroxylation sites is 2. The maximum absolute atomic E-state index is 12.8. The zero-order valence-corrected chi connectivity index (χ0v) is 17.4. The number of sulfone groups is 1. The molecule has 0 N–H and O–H groups in total. The van der Waals surface area contributed by atoms with E-state index in [1.165, 1.54) is 22.7 Å². The number of rotatable bonds is 6. The molecule has 152 valence electrons. The van der Waals surface area contributed by atoms with Crippen molar-refractivity contribution in [2.24, 2.45) is 0 Å². The molecule has 28 heavy (non-hydrogen) atoms. The molecule has 2 aromatic rings. The highest BCUT2D eigenvalue weighted by molar-refractivity contribution is 7.91. The quantitative estimate of drug-likeness (QED) is 0.707. The zero-order chi connectivity index (χ0) is 20.4. The normalized spacial score (nSPS) is 16.6. The summed E-state index contributed by atoms with van der Waals surface area (Å²) in [6.07, 6.45) is 1.82. The van der Waals surface area contributed by atoms with Gasteiger partial charge in [0.1, 0.15) is 15.6 Å². The third-order valence-electron chi connectivity index (χ3n) is 4.76. The summed E-state index contributed by atoms with van der Waals surface area (Å²) >= 11 is 0. The van der Waals surface area contributed by atoms with E-state index >= 15 is 0 Å². The second-order valence-corrected chi connectivity index (χ2v) is 10.9. The maximum atomic E-state index is 12.8. The summed E-state index contributed by atoms with van der Waals surface area (Å²) in [4.78, 5) is 0.151. The summed E-state index contributed by atoms with van der Waals surface area (Å²) in [5.74, 6) is 1.59. The van der Waals surface area contributed by atoms with Crippen LogP contribution in [-0.2, 0) is 19.9 Å². The predicted octanol–water partition coefficient (Wildman–Crippen LogP) is 2.69. The van der Waals surface area contributed by atoms with Gasteiger partial charge in [0.05, 0.1) is 17.3 Å². The Balaban J connectivity index is 1.72. The molecular formula is C19H23NO6S2. The number of methoxy groups -OCH3 is 1. The lowest BCUT2D eigenvalue weighted by Crippen LogP contribution is -2.42. The molecular weight excluding hydrogens is 402 g/mol. The largest absolute Gasteiger partial charge is 0.493 e. The van der Waals surface area contributed by atoms with E-state index in [9.17, 15) is 16.8 Å². The Morgan fingerprint density at radius 3 is 2.00 bits per heavy atom.